The minimum atomic E-state index is 0.334. The Morgan fingerprint density at radius 1 is 1.54 bits per heavy atom. The average Bonchev–Trinajstić information content (AvgIpc) is 2.03. The molecular weight excluding hydrogens is 234 g/mol. The summed E-state index contributed by atoms with van der Waals surface area (Å²) in [7, 11) is 0. The second-order valence-corrected chi connectivity index (χ2v) is 3.41. The largest absolute Gasteiger partial charge is 0.463 e. The van der Waals surface area contributed by atoms with E-state index in [9.17, 15) is 0 Å². The molecule has 1 aromatic rings. The van der Waals surface area contributed by atoms with Crippen LogP contribution in [0, 0.1) is 0 Å². The van der Waals surface area contributed by atoms with E-state index in [0.717, 1.165) is 12.8 Å². The average molecular weight is 246 g/mol. The van der Waals surface area contributed by atoms with Crippen LogP contribution in [0.5, 0.6) is 6.01 Å². The number of rotatable bonds is 4. The van der Waals surface area contributed by atoms with Crippen molar-refractivity contribution in [3.8, 4) is 6.01 Å². The summed E-state index contributed by atoms with van der Waals surface area (Å²) in [6.07, 6.45) is 2.08. The first-order valence-corrected chi connectivity index (χ1v) is 4.94. The zero-order valence-corrected chi connectivity index (χ0v) is 9.04. The van der Waals surface area contributed by atoms with Crippen LogP contribution < -0.4 is 10.5 Å². The predicted molar refractivity (Wildman–Crippen MR) is 54.5 cm³/mol. The Hall–Kier alpha value is -0.840. The fourth-order valence-corrected chi connectivity index (χ4v) is 1.17. The van der Waals surface area contributed by atoms with E-state index >= 15 is 0 Å². The molecule has 0 unspecified atom stereocenters. The lowest BCUT2D eigenvalue weighted by molar-refractivity contribution is 0.285. The number of halogens is 1. The Morgan fingerprint density at radius 2 is 2.31 bits per heavy atom. The zero-order valence-electron chi connectivity index (χ0n) is 7.46. The maximum atomic E-state index is 5.50. The highest BCUT2D eigenvalue weighted by Crippen LogP contribution is 2.13. The molecule has 4 nitrogen and oxygen atoms in total. The Morgan fingerprint density at radius 3 is 2.92 bits per heavy atom. The molecule has 0 saturated heterocycles. The van der Waals surface area contributed by atoms with E-state index in [2.05, 4.69) is 32.8 Å². The van der Waals surface area contributed by atoms with Gasteiger partial charge in [0.05, 0.1) is 6.61 Å². The molecule has 0 aromatic carbocycles. The molecule has 5 heteroatoms. The van der Waals surface area contributed by atoms with E-state index in [4.69, 9.17) is 10.5 Å². The number of nitrogens with zero attached hydrogens (tertiary/aromatic N) is 2. The molecule has 0 saturated carbocycles. The van der Waals surface area contributed by atoms with Crippen LogP contribution in [-0.4, -0.2) is 16.6 Å². The minimum absolute atomic E-state index is 0.334. The molecule has 0 aliphatic rings. The summed E-state index contributed by atoms with van der Waals surface area (Å²) in [5.41, 5.74) is 5.50. The molecule has 0 bridgehead atoms. The van der Waals surface area contributed by atoms with Gasteiger partial charge in [-0.2, -0.15) is 9.97 Å². The summed E-state index contributed by atoms with van der Waals surface area (Å²) < 4.78 is 5.92. The molecule has 1 rings (SSSR count). The van der Waals surface area contributed by atoms with Crippen LogP contribution in [0.1, 0.15) is 19.8 Å². The molecule has 0 aliphatic carbocycles. The van der Waals surface area contributed by atoms with Gasteiger partial charge in [0.2, 0.25) is 0 Å². The van der Waals surface area contributed by atoms with E-state index in [0.29, 0.717) is 23.0 Å². The van der Waals surface area contributed by atoms with Crippen molar-refractivity contribution in [2.24, 2.45) is 0 Å². The van der Waals surface area contributed by atoms with Crippen LogP contribution >= 0.6 is 15.9 Å². The summed E-state index contributed by atoms with van der Waals surface area (Å²) in [6.45, 7) is 2.73. The van der Waals surface area contributed by atoms with E-state index in [1.165, 1.54) is 0 Å². The second-order valence-electron chi connectivity index (χ2n) is 2.60. The predicted octanol–water partition coefficient (Wildman–Crippen LogP) is 2.00. The highest BCUT2D eigenvalue weighted by Gasteiger charge is 2.00. The zero-order chi connectivity index (χ0) is 9.68. The van der Waals surface area contributed by atoms with Crippen LogP contribution in [0.4, 0.5) is 5.82 Å². The van der Waals surface area contributed by atoms with Crippen molar-refractivity contribution < 1.29 is 4.74 Å². The van der Waals surface area contributed by atoms with Gasteiger partial charge in [0.15, 0.2) is 0 Å². The molecular formula is C8H12BrN3O. The number of unbranched alkanes of at least 4 members (excludes halogenated alkanes) is 1. The Kier molecular flexibility index (Phi) is 3.95. The lowest BCUT2D eigenvalue weighted by atomic mass is 10.4. The lowest BCUT2D eigenvalue weighted by Gasteiger charge is -2.03. The molecule has 0 atom stereocenters. The van der Waals surface area contributed by atoms with Crippen LogP contribution in [0.3, 0.4) is 0 Å². The van der Waals surface area contributed by atoms with E-state index in [1.54, 1.807) is 6.07 Å². The van der Waals surface area contributed by atoms with Crippen molar-refractivity contribution >= 4 is 21.7 Å². The lowest BCUT2D eigenvalue weighted by Crippen LogP contribution is -2.02. The first-order chi connectivity index (χ1) is 6.22. The third kappa shape index (κ3) is 3.59. The standard InChI is InChI=1S/C8H12BrN3O/c1-2-3-4-13-8-11-6(9)5-7(10)12-8/h5H,2-4H2,1H3,(H2,10,11,12). The van der Waals surface area contributed by atoms with E-state index in [1.807, 2.05) is 0 Å². The second kappa shape index (κ2) is 5.01. The summed E-state index contributed by atoms with van der Waals surface area (Å²) in [5.74, 6) is 0.411. The number of anilines is 1. The molecule has 1 aromatic heterocycles. The topological polar surface area (TPSA) is 61.0 Å². The molecule has 2 N–H and O–H groups in total. The monoisotopic (exact) mass is 245 g/mol. The summed E-state index contributed by atoms with van der Waals surface area (Å²) in [4.78, 5) is 7.93. The minimum Gasteiger partial charge on any atom is -0.463 e. The Labute approximate surface area is 85.7 Å². The van der Waals surface area contributed by atoms with E-state index in [-0.39, 0.29) is 0 Å². The van der Waals surface area contributed by atoms with E-state index < -0.39 is 0 Å². The molecule has 0 fully saturated rings. The maximum Gasteiger partial charge on any atom is 0.319 e. The molecule has 1 heterocycles. The van der Waals surface area contributed by atoms with Gasteiger partial charge in [0.1, 0.15) is 10.4 Å². The fraction of sp³-hybridized carbons (Fsp3) is 0.500. The summed E-state index contributed by atoms with van der Waals surface area (Å²) >= 11 is 3.21. The molecule has 0 amide bonds. The number of hydrogen-bond acceptors (Lipinski definition) is 4. The van der Waals surface area contributed by atoms with Crippen molar-refractivity contribution in [1.29, 1.82) is 0 Å². The van der Waals surface area contributed by atoms with Crippen molar-refractivity contribution in [1.82, 2.24) is 9.97 Å². The molecule has 72 valence electrons. The summed E-state index contributed by atoms with van der Waals surface area (Å²) in [5, 5.41) is 0. The first-order valence-electron chi connectivity index (χ1n) is 4.15. The van der Waals surface area contributed by atoms with Crippen molar-refractivity contribution in [2.75, 3.05) is 12.3 Å². The van der Waals surface area contributed by atoms with Gasteiger partial charge in [-0.3, -0.25) is 0 Å². The number of nitrogen functional groups attached to an aromatic ring is 1. The van der Waals surface area contributed by atoms with Crippen LogP contribution in [-0.2, 0) is 0 Å². The van der Waals surface area contributed by atoms with Gasteiger partial charge in [0, 0.05) is 6.07 Å². The SMILES string of the molecule is CCCCOc1nc(N)cc(Br)n1. The normalized spacial score (nSPS) is 10.0. The number of ether oxygens (including phenoxy) is 1. The van der Waals surface area contributed by atoms with Gasteiger partial charge in [-0.05, 0) is 22.4 Å². The number of hydrogen-bond donors (Lipinski definition) is 1. The molecule has 0 radical (unpaired) electrons. The van der Waals surface area contributed by atoms with Crippen LogP contribution in [0.25, 0.3) is 0 Å². The molecule has 0 aliphatic heterocycles. The highest BCUT2D eigenvalue weighted by molar-refractivity contribution is 9.10. The van der Waals surface area contributed by atoms with Crippen molar-refractivity contribution in [2.45, 2.75) is 19.8 Å². The fourth-order valence-electron chi connectivity index (χ4n) is 0.786. The van der Waals surface area contributed by atoms with Crippen LogP contribution in [0.2, 0.25) is 0 Å². The van der Waals surface area contributed by atoms with Crippen molar-refractivity contribution in [3.05, 3.63) is 10.7 Å². The summed E-state index contributed by atoms with van der Waals surface area (Å²) in [6, 6.07) is 1.97. The van der Waals surface area contributed by atoms with Gasteiger partial charge in [0.25, 0.3) is 0 Å². The number of nitrogens with two attached hydrogens (primary N) is 1. The van der Waals surface area contributed by atoms with Gasteiger partial charge in [-0.25, -0.2) is 0 Å². The third-order valence-corrected chi connectivity index (χ3v) is 1.83. The Bertz CT molecular complexity index is 260. The van der Waals surface area contributed by atoms with Gasteiger partial charge < -0.3 is 10.5 Å². The van der Waals surface area contributed by atoms with Crippen LogP contribution in [0.15, 0.2) is 10.7 Å². The Balaban J connectivity index is 2.56. The van der Waals surface area contributed by atoms with Gasteiger partial charge in [-0.15, -0.1) is 0 Å². The van der Waals surface area contributed by atoms with Gasteiger partial charge >= 0.3 is 6.01 Å². The van der Waals surface area contributed by atoms with Gasteiger partial charge in [-0.1, -0.05) is 13.3 Å². The quantitative estimate of drug-likeness (QED) is 0.652. The first kappa shape index (κ1) is 10.2. The highest BCUT2D eigenvalue weighted by atomic mass is 79.9. The van der Waals surface area contributed by atoms with Crippen molar-refractivity contribution in [3.63, 3.8) is 0 Å². The smallest absolute Gasteiger partial charge is 0.319 e. The molecule has 13 heavy (non-hydrogen) atoms. The maximum absolute atomic E-state index is 5.50. The number of aromatic nitrogens is 2. The molecule has 0 spiro atoms. The third-order valence-electron chi connectivity index (χ3n) is 1.42.